The number of alkyl halides is 1. The van der Waals surface area contributed by atoms with Gasteiger partial charge in [-0.2, -0.15) is 0 Å². The van der Waals surface area contributed by atoms with Gasteiger partial charge in [-0.1, -0.05) is 37.3 Å². The Balaban J connectivity index is 2.53. The van der Waals surface area contributed by atoms with Crippen LogP contribution in [0.15, 0.2) is 30.3 Å². The second-order valence-corrected chi connectivity index (χ2v) is 3.72. The van der Waals surface area contributed by atoms with E-state index >= 15 is 0 Å². The van der Waals surface area contributed by atoms with Crippen LogP contribution in [0.3, 0.4) is 0 Å². The standard InChI is InChI=1S/C12H16ClNO/c1-2-10(9-14-12(15)8-13)11-6-4-3-5-7-11/h3-7,10H,2,8-9H2,1H3,(H,14,15)/t10-/m0/s1. The van der Waals surface area contributed by atoms with E-state index in [1.807, 2.05) is 18.2 Å². The molecule has 0 fully saturated rings. The molecule has 0 aliphatic rings. The second kappa shape index (κ2) is 6.46. The number of carbonyl (C=O) groups excluding carboxylic acids is 1. The topological polar surface area (TPSA) is 29.1 Å². The summed E-state index contributed by atoms with van der Waals surface area (Å²) in [6.45, 7) is 2.77. The molecular formula is C12H16ClNO. The van der Waals surface area contributed by atoms with Crippen molar-refractivity contribution in [1.29, 1.82) is 0 Å². The molecule has 0 saturated heterocycles. The van der Waals surface area contributed by atoms with E-state index in [4.69, 9.17) is 11.6 Å². The first-order valence-corrected chi connectivity index (χ1v) is 5.69. The molecular weight excluding hydrogens is 210 g/mol. The van der Waals surface area contributed by atoms with Crippen molar-refractivity contribution in [2.45, 2.75) is 19.3 Å². The number of rotatable bonds is 5. The molecule has 0 aromatic heterocycles. The second-order valence-electron chi connectivity index (χ2n) is 3.45. The van der Waals surface area contributed by atoms with Gasteiger partial charge < -0.3 is 5.32 Å². The Bertz CT molecular complexity index is 300. The van der Waals surface area contributed by atoms with E-state index in [2.05, 4.69) is 24.4 Å². The maximum absolute atomic E-state index is 11.0. The van der Waals surface area contributed by atoms with Gasteiger partial charge in [0.1, 0.15) is 5.88 Å². The highest BCUT2D eigenvalue weighted by Gasteiger charge is 2.09. The van der Waals surface area contributed by atoms with Gasteiger partial charge in [0.25, 0.3) is 0 Å². The molecule has 3 heteroatoms. The van der Waals surface area contributed by atoms with Crippen LogP contribution in [-0.2, 0) is 4.79 Å². The molecule has 2 nitrogen and oxygen atoms in total. The van der Waals surface area contributed by atoms with E-state index in [1.54, 1.807) is 0 Å². The number of benzene rings is 1. The van der Waals surface area contributed by atoms with E-state index in [0.29, 0.717) is 12.5 Å². The van der Waals surface area contributed by atoms with E-state index in [-0.39, 0.29) is 11.8 Å². The summed E-state index contributed by atoms with van der Waals surface area (Å²) in [5.74, 6) is 0.301. The van der Waals surface area contributed by atoms with Gasteiger partial charge in [-0.05, 0) is 12.0 Å². The molecule has 0 bridgehead atoms. The van der Waals surface area contributed by atoms with Crippen LogP contribution >= 0.6 is 11.6 Å². The molecule has 1 aromatic carbocycles. The Kier molecular flexibility index (Phi) is 5.19. The molecule has 0 spiro atoms. The summed E-state index contributed by atoms with van der Waals surface area (Å²) in [6.07, 6.45) is 1.01. The summed E-state index contributed by atoms with van der Waals surface area (Å²) in [5, 5.41) is 2.81. The molecule has 0 saturated carbocycles. The lowest BCUT2D eigenvalue weighted by atomic mass is 9.96. The predicted octanol–water partition coefficient (Wildman–Crippen LogP) is 2.54. The molecule has 15 heavy (non-hydrogen) atoms. The predicted molar refractivity (Wildman–Crippen MR) is 63.2 cm³/mol. The van der Waals surface area contributed by atoms with Crippen LogP contribution < -0.4 is 5.32 Å². The summed E-state index contributed by atoms with van der Waals surface area (Å²) in [7, 11) is 0. The fourth-order valence-electron chi connectivity index (χ4n) is 1.51. The lowest BCUT2D eigenvalue weighted by Gasteiger charge is -2.15. The van der Waals surface area contributed by atoms with Crippen molar-refractivity contribution in [2.24, 2.45) is 0 Å². The van der Waals surface area contributed by atoms with Crippen molar-refractivity contribution < 1.29 is 4.79 Å². The number of carbonyl (C=O) groups is 1. The van der Waals surface area contributed by atoms with Gasteiger partial charge in [-0.15, -0.1) is 11.6 Å². The molecule has 1 aromatic rings. The van der Waals surface area contributed by atoms with E-state index < -0.39 is 0 Å². The third-order valence-electron chi connectivity index (χ3n) is 2.43. The molecule has 0 heterocycles. The highest BCUT2D eigenvalue weighted by Crippen LogP contribution is 2.17. The largest absolute Gasteiger partial charge is 0.354 e. The maximum Gasteiger partial charge on any atom is 0.234 e. The summed E-state index contributed by atoms with van der Waals surface area (Å²) in [5.41, 5.74) is 1.26. The Morgan fingerprint density at radius 2 is 2.07 bits per heavy atom. The van der Waals surface area contributed by atoms with Gasteiger partial charge in [-0.25, -0.2) is 0 Å². The molecule has 1 rings (SSSR count). The Labute approximate surface area is 95.6 Å². The zero-order valence-corrected chi connectivity index (χ0v) is 9.63. The molecule has 1 N–H and O–H groups in total. The SMILES string of the molecule is CC[C@@H](CNC(=O)CCl)c1ccccc1. The minimum Gasteiger partial charge on any atom is -0.354 e. The zero-order chi connectivity index (χ0) is 11.1. The van der Waals surface area contributed by atoms with Crippen LogP contribution in [-0.4, -0.2) is 18.3 Å². The quantitative estimate of drug-likeness (QED) is 0.767. The molecule has 0 aliphatic heterocycles. The summed E-state index contributed by atoms with van der Waals surface area (Å²) < 4.78 is 0. The fraction of sp³-hybridized carbons (Fsp3) is 0.417. The molecule has 0 unspecified atom stereocenters. The summed E-state index contributed by atoms with van der Waals surface area (Å²) >= 11 is 5.41. The number of hydrogen-bond donors (Lipinski definition) is 1. The van der Waals surface area contributed by atoms with Gasteiger partial charge >= 0.3 is 0 Å². The third-order valence-corrected chi connectivity index (χ3v) is 2.67. The highest BCUT2D eigenvalue weighted by molar-refractivity contribution is 6.27. The van der Waals surface area contributed by atoms with E-state index in [1.165, 1.54) is 5.56 Å². The van der Waals surface area contributed by atoms with Crippen molar-refractivity contribution in [3.05, 3.63) is 35.9 Å². The summed E-state index contributed by atoms with van der Waals surface area (Å²) in [6, 6.07) is 10.2. The molecule has 1 amide bonds. The average molecular weight is 226 g/mol. The van der Waals surface area contributed by atoms with Crippen LogP contribution in [0.4, 0.5) is 0 Å². The minimum atomic E-state index is -0.106. The van der Waals surface area contributed by atoms with Crippen molar-refractivity contribution in [1.82, 2.24) is 5.32 Å². The van der Waals surface area contributed by atoms with Crippen LogP contribution in [0, 0.1) is 0 Å². The van der Waals surface area contributed by atoms with Crippen molar-refractivity contribution in [2.75, 3.05) is 12.4 Å². The monoisotopic (exact) mass is 225 g/mol. The smallest absolute Gasteiger partial charge is 0.234 e. The zero-order valence-electron chi connectivity index (χ0n) is 8.87. The third kappa shape index (κ3) is 3.92. The van der Waals surface area contributed by atoms with Gasteiger partial charge in [-0.3, -0.25) is 4.79 Å². The first-order valence-electron chi connectivity index (χ1n) is 5.15. The number of nitrogens with one attached hydrogen (secondary N) is 1. The Morgan fingerprint density at radius 1 is 1.40 bits per heavy atom. The van der Waals surface area contributed by atoms with Gasteiger partial charge in [0, 0.05) is 12.5 Å². The number of halogens is 1. The van der Waals surface area contributed by atoms with Gasteiger partial charge in [0.05, 0.1) is 0 Å². The first-order chi connectivity index (χ1) is 7.27. The normalized spacial score (nSPS) is 12.1. The molecule has 82 valence electrons. The van der Waals surface area contributed by atoms with Gasteiger partial charge in [0.2, 0.25) is 5.91 Å². The van der Waals surface area contributed by atoms with E-state index in [9.17, 15) is 4.79 Å². The number of hydrogen-bond acceptors (Lipinski definition) is 1. The summed E-state index contributed by atoms with van der Waals surface area (Å²) in [4.78, 5) is 11.0. The average Bonchev–Trinajstić information content (AvgIpc) is 2.31. The van der Waals surface area contributed by atoms with Crippen molar-refractivity contribution in [3.8, 4) is 0 Å². The van der Waals surface area contributed by atoms with Gasteiger partial charge in [0.15, 0.2) is 0 Å². The highest BCUT2D eigenvalue weighted by atomic mass is 35.5. The Hall–Kier alpha value is -1.02. The van der Waals surface area contributed by atoms with Crippen LogP contribution in [0.5, 0.6) is 0 Å². The molecule has 0 aliphatic carbocycles. The first kappa shape index (κ1) is 12.1. The number of amides is 1. The van der Waals surface area contributed by atoms with Crippen molar-refractivity contribution in [3.63, 3.8) is 0 Å². The van der Waals surface area contributed by atoms with Crippen molar-refractivity contribution >= 4 is 17.5 Å². The van der Waals surface area contributed by atoms with E-state index in [0.717, 1.165) is 6.42 Å². The lowest BCUT2D eigenvalue weighted by molar-refractivity contribution is -0.118. The molecule has 1 atom stereocenters. The molecule has 0 radical (unpaired) electrons. The van der Waals surface area contributed by atoms with Crippen LogP contribution in [0.2, 0.25) is 0 Å². The fourth-order valence-corrected chi connectivity index (χ4v) is 1.60. The lowest BCUT2D eigenvalue weighted by Crippen LogP contribution is -2.29. The Morgan fingerprint density at radius 3 is 2.60 bits per heavy atom. The minimum absolute atomic E-state index is 0.0330. The van der Waals surface area contributed by atoms with Crippen LogP contribution in [0.25, 0.3) is 0 Å². The van der Waals surface area contributed by atoms with Crippen LogP contribution in [0.1, 0.15) is 24.8 Å². The maximum atomic E-state index is 11.0.